The summed E-state index contributed by atoms with van der Waals surface area (Å²) in [7, 11) is 1.29. The summed E-state index contributed by atoms with van der Waals surface area (Å²) >= 11 is 0. The van der Waals surface area contributed by atoms with Crippen LogP contribution in [0.1, 0.15) is 54.8 Å². The van der Waals surface area contributed by atoms with Gasteiger partial charge in [0, 0.05) is 6.54 Å². The highest BCUT2D eigenvalue weighted by Crippen LogP contribution is 2.23. The Hall–Kier alpha value is -2.12. The number of hydrogen-bond acceptors (Lipinski definition) is 6. The van der Waals surface area contributed by atoms with Gasteiger partial charge in [-0.2, -0.15) is 0 Å². The molecule has 7 heteroatoms. The van der Waals surface area contributed by atoms with Crippen LogP contribution < -0.4 is 5.32 Å². The predicted octanol–water partition coefficient (Wildman–Crippen LogP) is 2.09. The Morgan fingerprint density at radius 1 is 1.24 bits per heavy atom. The van der Waals surface area contributed by atoms with Crippen molar-refractivity contribution in [2.24, 2.45) is 0 Å². The molecule has 0 fully saturated rings. The molecular weight excluding hydrogens is 326 g/mol. The molecule has 0 bridgehead atoms. The van der Waals surface area contributed by atoms with Gasteiger partial charge in [-0.05, 0) is 57.4 Å². The molecule has 2 unspecified atom stereocenters. The van der Waals surface area contributed by atoms with Crippen molar-refractivity contribution in [3.63, 3.8) is 0 Å². The molecule has 1 aromatic rings. The third kappa shape index (κ3) is 6.72. The maximum Gasteiger partial charge on any atom is 0.407 e. The summed E-state index contributed by atoms with van der Waals surface area (Å²) in [5, 5.41) is 23.0. The molecule has 0 aliphatic carbocycles. The van der Waals surface area contributed by atoms with Gasteiger partial charge in [0.2, 0.25) is 0 Å². The molecule has 25 heavy (non-hydrogen) atoms. The first-order chi connectivity index (χ1) is 11.5. The summed E-state index contributed by atoms with van der Waals surface area (Å²) < 4.78 is 9.74. The molecule has 140 valence electrons. The Morgan fingerprint density at radius 3 is 2.40 bits per heavy atom. The van der Waals surface area contributed by atoms with Crippen molar-refractivity contribution in [3.8, 4) is 0 Å². The largest absolute Gasteiger partial charge is 0.465 e. The lowest BCUT2D eigenvalue weighted by Gasteiger charge is -2.22. The van der Waals surface area contributed by atoms with E-state index >= 15 is 0 Å². The van der Waals surface area contributed by atoms with Crippen molar-refractivity contribution in [2.45, 2.75) is 51.9 Å². The number of rotatable bonds is 6. The standard InChI is InChI=1S/C18H27NO6/c1-11-10-12(16(22)24-5)6-7-13(11)15(21)14(20)8-9-19-17(23)25-18(2,3)4/h6-7,10,14-15,20-21H,8-9H2,1-5H3,(H,19,23). The number of aryl methyl sites for hydroxylation is 1. The third-order valence-electron chi connectivity index (χ3n) is 3.48. The van der Waals surface area contributed by atoms with Crippen LogP contribution in [0.2, 0.25) is 0 Å². The fourth-order valence-electron chi connectivity index (χ4n) is 2.25. The van der Waals surface area contributed by atoms with Crippen molar-refractivity contribution in [1.29, 1.82) is 0 Å². The molecule has 0 radical (unpaired) electrons. The number of ether oxygens (including phenoxy) is 2. The zero-order valence-corrected chi connectivity index (χ0v) is 15.3. The van der Waals surface area contributed by atoms with Crippen molar-refractivity contribution in [2.75, 3.05) is 13.7 Å². The van der Waals surface area contributed by atoms with Gasteiger partial charge < -0.3 is 25.0 Å². The van der Waals surface area contributed by atoms with Gasteiger partial charge in [0.1, 0.15) is 11.7 Å². The monoisotopic (exact) mass is 353 g/mol. The number of carbonyl (C=O) groups is 2. The second kappa shape index (κ2) is 8.82. The Labute approximate surface area is 147 Å². The molecule has 2 atom stereocenters. The van der Waals surface area contributed by atoms with Crippen LogP contribution in [-0.2, 0) is 9.47 Å². The van der Waals surface area contributed by atoms with Gasteiger partial charge >= 0.3 is 12.1 Å². The highest BCUT2D eigenvalue weighted by molar-refractivity contribution is 5.89. The minimum Gasteiger partial charge on any atom is -0.465 e. The molecule has 0 saturated carbocycles. The Kier molecular flexibility index (Phi) is 7.38. The highest BCUT2D eigenvalue weighted by Gasteiger charge is 2.22. The number of alkyl carbamates (subject to hydrolysis) is 1. The number of nitrogens with one attached hydrogen (secondary N) is 1. The second-order valence-corrected chi connectivity index (χ2v) is 6.79. The number of benzene rings is 1. The Morgan fingerprint density at radius 2 is 1.88 bits per heavy atom. The number of aliphatic hydroxyl groups excluding tert-OH is 2. The van der Waals surface area contributed by atoms with Crippen molar-refractivity contribution in [3.05, 3.63) is 34.9 Å². The lowest BCUT2D eigenvalue weighted by Crippen LogP contribution is -2.34. The van der Waals surface area contributed by atoms with Crippen molar-refractivity contribution in [1.82, 2.24) is 5.32 Å². The van der Waals surface area contributed by atoms with Gasteiger partial charge in [0.15, 0.2) is 0 Å². The smallest absolute Gasteiger partial charge is 0.407 e. The maximum absolute atomic E-state index is 11.5. The van der Waals surface area contributed by atoms with E-state index in [-0.39, 0.29) is 13.0 Å². The minimum atomic E-state index is -1.13. The van der Waals surface area contributed by atoms with Gasteiger partial charge in [0.05, 0.1) is 18.8 Å². The Bertz CT molecular complexity index is 608. The number of methoxy groups -OCH3 is 1. The first-order valence-electron chi connectivity index (χ1n) is 8.07. The number of aliphatic hydroxyl groups is 2. The van der Waals surface area contributed by atoms with E-state index in [2.05, 4.69) is 10.1 Å². The fourth-order valence-corrected chi connectivity index (χ4v) is 2.25. The van der Waals surface area contributed by atoms with Crippen LogP contribution in [0, 0.1) is 6.92 Å². The molecule has 0 spiro atoms. The summed E-state index contributed by atoms with van der Waals surface area (Å²) in [5.74, 6) is -0.466. The molecule has 3 N–H and O–H groups in total. The van der Waals surface area contributed by atoms with Crippen LogP contribution in [0.4, 0.5) is 4.79 Å². The van der Waals surface area contributed by atoms with Crippen LogP contribution >= 0.6 is 0 Å². The number of esters is 1. The summed E-state index contributed by atoms with van der Waals surface area (Å²) in [6, 6.07) is 4.70. The van der Waals surface area contributed by atoms with Crippen LogP contribution in [-0.4, -0.2) is 47.6 Å². The van der Waals surface area contributed by atoms with Crippen LogP contribution in [0.15, 0.2) is 18.2 Å². The predicted molar refractivity (Wildman–Crippen MR) is 92.3 cm³/mol. The van der Waals surface area contributed by atoms with Crippen LogP contribution in [0.3, 0.4) is 0 Å². The topological polar surface area (TPSA) is 105 Å². The van der Waals surface area contributed by atoms with E-state index in [1.54, 1.807) is 39.8 Å². The zero-order chi connectivity index (χ0) is 19.2. The maximum atomic E-state index is 11.5. The summed E-state index contributed by atoms with van der Waals surface area (Å²) in [4.78, 5) is 23.0. The summed E-state index contributed by atoms with van der Waals surface area (Å²) in [6.45, 7) is 7.16. The molecule has 0 heterocycles. The second-order valence-electron chi connectivity index (χ2n) is 6.79. The average molecular weight is 353 g/mol. The molecule has 1 rings (SSSR count). The Balaban J connectivity index is 2.60. The van der Waals surface area contributed by atoms with Crippen molar-refractivity contribution < 1.29 is 29.3 Å². The normalized spacial score (nSPS) is 13.7. The SMILES string of the molecule is COC(=O)c1ccc(C(O)C(O)CCNC(=O)OC(C)(C)C)c(C)c1. The zero-order valence-electron chi connectivity index (χ0n) is 15.3. The van der Waals surface area contributed by atoms with Crippen molar-refractivity contribution >= 4 is 12.1 Å². The molecule has 0 aliphatic rings. The molecule has 0 saturated heterocycles. The lowest BCUT2D eigenvalue weighted by atomic mass is 9.96. The van der Waals surface area contributed by atoms with Gasteiger partial charge in [-0.3, -0.25) is 0 Å². The quantitative estimate of drug-likeness (QED) is 0.676. The van der Waals surface area contributed by atoms with E-state index in [4.69, 9.17) is 4.74 Å². The first kappa shape index (κ1) is 20.9. The van der Waals surface area contributed by atoms with E-state index in [0.717, 1.165) is 0 Å². The highest BCUT2D eigenvalue weighted by atomic mass is 16.6. The van der Waals surface area contributed by atoms with Gasteiger partial charge in [-0.25, -0.2) is 9.59 Å². The van der Waals surface area contributed by atoms with E-state index in [1.165, 1.54) is 13.2 Å². The summed E-state index contributed by atoms with van der Waals surface area (Å²) in [5.41, 5.74) is 0.949. The van der Waals surface area contributed by atoms with Gasteiger partial charge in [-0.1, -0.05) is 6.07 Å². The van der Waals surface area contributed by atoms with E-state index in [1.807, 2.05) is 0 Å². The molecule has 0 aliphatic heterocycles. The molecule has 7 nitrogen and oxygen atoms in total. The molecular formula is C18H27NO6. The van der Waals surface area contributed by atoms with Crippen LogP contribution in [0.25, 0.3) is 0 Å². The van der Waals surface area contributed by atoms with E-state index < -0.39 is 29.9 Å². The van der Waals surface area contributed by atoms with Crippen LogP contribution in [0.5, 0.6) is 0 Å². The summed E-state index contributed by atoms with van der Waals surface area (Å²) in [6.07, 6.45) is -2.63. The average Bonchev–Trinajstić information content (AvgIpc) is 2.51. The fraction of sp³-hybridized carbons (Fsp3) is 0.556. The number of amides is 1. The number of carbonyl (C=O) groups excluding carboxylic acids is 2. The lowest BCUT2D eigenvalue weighted by molar-refractivity contribution is 0.0119. The van der Waals surface area contributed by atoms with E-state index in [9.17, 15) is 19.8 Å². The van der Waals surface area contributed by atoms with Gasteiger partial charge in [0.25, 0.3) is 0 Å². The minimum absolute atomic E-state index is 0.151. The van der Waals surface area contributed by atoms with Gasteiger partial charge in [-0.15, -0.1) is 0 Å². The third-order valence-corrected chi connectivity index (χ3v) is 3.48. The van der Waals surface area contributed by atoms with E-state index in [0.29, 0.717) is 16.7 Å². The number of hydrogen-bond donors (Lipinski definition) is 3. The molecule has 1 amide bonds. The first-order valence-corrected chi connectivity index (χ1v) is 8.07. The molecule has 1 aromatic carbocycles. The molecule has 0 aromatic heterocycles.